The van der Waals surface area contributed by atoms with Crippen LogP contribution in [0.4, 0.5) is 0 Å². The maximum Gasteiger partial charge on any atom is 0.342 e. The molecule has 5 nitrogen and oxygen atoms in total. The van der Waals surface area contributed by atoms with Gasteiger partial charge in [0.2, 0.25) is 0 Å². The zero-order valence-corrected chi connectivity index (χ0v) is 14.7. The van der Waals surface area contributed by atoms with Crippen molar-refractivity contribution in [2.45, 2.75) is 26.9 Å². The summed E-state index contributed by atoms with van der Waals surface area (Å²) in [6, 6.07) is 13.9. The monoisotopic (exact) mass is 350 g/mol. The van der Waals surface area contributed by atoms with E-state index in [-0.39, 0.29) is 22.4 Å². The second-order valence-corrected chi connectivity index (χ2v) is 6.09. The van der Waals surface area contributed by atoms with Gasteiger partial charge >= 0.3 is 5.97 Å². The molecule has 0 bridgehead atoms. The fraction of sp³-hybridized carbons (Fsp3) is 0.190. The lowest BCUT2D eigenvalue weighted by molar-refractivity contribution is -0.124. The molecule has 1 heterocycles. The van der Waals surface area contributed by atoms with Gasteiger partial charge in [-0.1, -0.05) is 36.4 Å². The van der Waals surface area contributed by atoms with Crippen LogP contribution in [0.3, 0.4) is 0 Å². The van der Waals surface area contributed by atoms with Crippen molar-refractivity contribution in [1.82, 2.24) is 0 Å². The highest BCUT2D eigenvalue weighted by Gasteiger charge is 2.21. The van der Waals surface area contributed by atoms with Crippen molar-refractivity contribution in [3.05, 3.63) is 69.9 Å². The summed E-state index contributed by atoms with van der Waals surface area (Å²) in [7, 11) is 0. The van der Waals surface area contributed by atoms with E-state index in [2.05, 4.69) is 0 Å². The Morgan fingerprint density at radius 1 is 1.04 bits per heavy atom. The second kappa shape index (κ2) is 6.96. The predicted molar refractivity (Wildman–Crippen MR) is 98.2 cm³/mol. The van der Waals surface area contributed by atoms with E-state index in [4.69, 9.17) is 9.15 Å². The Morgan fingerprint density at radius 2 is 1.73 bits per heavy atom. The Labute approximate surface area is 150 Å². The van der Waals surface area contributed by atoms with Gasteiger partial charge in [-0.3, -0.25) is 9.59 Å². The van der Waals surface area contributed by atoms with Gasteiger partial charge in [0.15, 0.2) is 22.9 Å². The molecule has 1 atom stereocenters. The van der Waals surface area contributed by atoms with Gasteiger partial charge in [-0.05, 0) is 32.9 Å². The largest absolute Gasteiger partial charge is 0.455 e. The van der Waals surface area contributed by atoms with E-state index in [9.17, 15) is 14.4 Å². The highest BCUT2D eigenvalue weighted by Crippen LogP contribution is 2.27. The van der Waals surface area contributed by atoms with E-state index in [1.165, 1.54) is 19.9 Å². The standard InChI is InChI=1S/C21H18O5/c1-12-18(23)16-10-7-11-17(21(24)25-14(3)13(2)22)20(16)26-19(12)15-8-5-4-6-9-15/h4-11,14H,1-3H3. The van der Waals surface area contributed by atoms with Crippen LogP contribution < -0.4 is 5.43 Å². The van der Waals surface area contributed by atoms with Crippen molar-refractivity contribution in [1.29, 1.82) is 0 Å². The summed E-state index contributed by atoms with van der Waals surface area (Å²) in [4.78, 5) is 36.6. The first kappa shape index (κ1) is 17.6. The van der Waals surface area contributed by atoms with Crippen LogP contribution >= 0.6 is 0 Å². The molecule has 0 fully saturated rings. The number of carbonyl (C=O) groups excluding carboxylic acids is 2. The second-order valence-electron chi connectivity index (χ2n) is 6.09. The summed E-state index contributed by atoms with van der Waals surface area (Å²) in [6.45, 7) is 4.54. The van der Waals surface area contributed by atoms with Gasteiger partial charge in [0, 0.05) is 11.1 Å². The number of rotatable bonds is 4. The van der Waals surface area contributed by atoms with E-state index in [0.717, 1.165) is 5.56 Å². The molecule has 0 radical (unpaired) electrons. The van der Waals surface area contributed by atoms with Crippen molar-refractivity contribution < 1.29 is 18.7 Å². The molecule has 0 N–H and O–H groups in total. The van der Waals surface area contributed by atoms with Gasteiger partial charge in [0.25, 0.3) is 0 Å². The van der Waals surface area contributed by atoms with Gasteiger partial charge in [0.05, 0.1) is 5.39 Å². The predicted octanol–water partition coefficient (Wildman–Crippen LogP) is 3.90. The van der Waals surface area contributed by atoms with Crippen LogP contribution in [0.25, 0.3) is 22.3 Å². The summed E-state index contributed by atoms with van der Waals surface area (Å²) >= 11 is 0. The Balaban J connectivity index is 2.20. The lowest BCUT2D eigenvalue weighted by Crippen LogP contribution is -2.22. The highest BCUT2D eigenvalue weighted by atomic mass is 16.5. The lowest BCUT2D eigenvalue weighted by atomic mass is 10.0. The fourth-order valence-electron chi connectivity index (χ4n) is 2.64. The van der Waals surface area contributed by atoms with E-state index in [1.54, 1.807) is 19.1 Å². The van der Waals surface area contributed by atoms with Crippen molar-refractivity contribution in [3.8, 4) is 11.3 Å². The third-order valence-corrected chi connectivity index (χ3v) is 4.26. The van der Waals surface area contributed by atoms with Gasteiger partial charge in [-0.2, -0.15) is 0 Å². The zero-order valence-electron chi connectivity index (χ0n) is 14.7. The summed E-state index contributed by atoms with van der Waals surface area (Å²) < 4.78 is 11.1. The number of benzene rings is 2. The average molecular weight is 350 g/mol. The third kappa shape index (κ3) is 3.16. The van der Waals surface area contributed by atoms with Crippen LogP contribution in [0, 0.1) is 6.92 Å². The smallest absolute Gasteiger partial charge is 0.342 e. The molecule has 3 rings (SSSR count). The van der Waals surface area contributed by atoms with Crippen molar-refractivity contribution in [2.24, 2.45) is 0 Å². The topological polar surface area (TPSA) is 73.6 Å². The van der Waals surface area contributed by atoms with Crippen LogP contribution in [0.1, 0.15) is 29.8 Å². The Hall–Kier alpha value is -3.21. The maximum atomic E-state index is 12.8. The summed E-state index contributed by atoms with van der Waals surface area (Å²) in [6.07, 6.45) is -0.872. The maximum absolute atomic E-state index is 12.8. The first-order chi connectivity index (χ1) is 12.4. The Bertz CT molecular complexity index is 1050. The molecule has 0 aliphatic carbocycles. The number of hydrogen-bond donors (Lipinski definition) is 0. The molecule has 1 aromatic heterocycles. The van der Waals surface area contributed by atoms with E-state index in [1.807, 2.05) is 30.3 Å². The molecule has 0 spiro atoms. The van der Waals surface area contributed by atoms with E-state index < -0.39 is 12.1 Å². The number of hydrogen-bond acceptors (Lipinski definition) is 5. The van der Waals surface area contributed by atoms with Gasteiger partial charge in [0.1, 0.15) is 11.3 Å². The van der Waals surface area contributed by atoms with Crippen LogP contribution in [-0.4, -0.2) is 17.9 Å². The van der Waals surface area contributed by atoms with E-state index >= 15 is 0 Å². The molecule has 0 saturated heterocycles. The number of para-hydroxylation sites is 1. The van der Waals surface area contributed by atoms with Crippen LogP contribution in [-0.2, 0) is 9.53 Å². The molecule has 1 unspecified atom stereocenters. The molecule has 132 valence electrons. The minimum atomic E-state index is -0.872. The van der Waals surface area contributed by atoms with Crippen molar-refractivity contribution in [3.63, 3.8) is 0 Å². The summed E-state index contributed by atoms with van der Waals surface area (Å²) in [5.41, 5.74) is 1.27. The van der Waals surface area contributed by atoms with Crippen molar-refractivity contribution in [2.75, 3.05) is 0 Å². The highest BCUT2D eigenvalue weighted by molar-refractivity contribution is 6.03. The number of ketones is 1. The number of esters is 1. The van der Waals surface area contributed by atoms with Crippen LogP contribution in [0.5, 0.6) is 0 Å². The van der Waals surface area contributed by atoms with Crippen molar-refractivity contribution >= 4 is 22.7 Å². The molecule has 26 heavy (non-hydrogen) atoms. The average Bonchev–Trinajstić information content (AvgIpc) is 2.64. The molecule has 3 aromatic rings. The molecule has 2 aromatic carbocycles. The van der Waals surface area contributed by atoms with Gasteiger partial charge in [-0.15, -0.1) is 0 Å². The molecular formula is C21H18O5. The fourth-order valence-corrected chi connectivity index (χ4v) is 2.64. The van der Waals surface area contributed by atoms with E-state index in [0.29, 0.717) is 16.7 Å². The summed E-state index contributed by atoms with van der Waals surface area (Å²) in [5.74, 6) is -0.562. The zero-order chi connectivity index (χ0) is 18.8. The molecular weight excluding hydrogens is 332 g/mol. The Kier molecular flexibility index (Phi) is 4.71. The summed E-state index contributed by atoms with van der Waals surface area (Å²) in [5, 5.41) is 0.298. The first-order valence-electron chi connectivity index (χ1n) is 8.23. The first-order valence-corrected chi connectivity index (χ1v) is 8.23. The molecule has 5 heteroatoms. The number of Topliss-reactive ketones (excluding diaryl/α,β-unsaturated/α-hetero) is 1. The lowest BCUT2D eigenvalue weighted by Gasteiger charge is -2.12. The van der Waals surface area contributed by atoms with Gasteiger partial charge in [-0.25, -0.2) is 4.79 Å². The molecule has 0 aliphatic heterocycles. The molecule has 0 amide bonds. The van der Waals surface area contributed by atoms with Crippen LogP contribution in [0.15, 0.2) is 57.7 Å². The van der Waals surface area contributed by atoms with Gasteiger partial charge < -0.3 is 9.15 Å². The SMILES string of the molecule is CC(=O)C(C)OC(=O)c1cccc2c(=O)c(C)c(-c3ccccc3)oc12. The minimum absolute atomic E-state index is 0.116. The number of fused-ring (bicyclic) bond motifs is 1. The Morgan fingerprint density at radius 3 is 2.38 bits per heavy atom. The molecule has 0 saturated carbocycles. The number of carbonyl (C=O) groups is 2. The number of ether oxygens (including phenoxy) is 1. The van der Waals surface area contributed by atoms with Crippen LogP contribution in [0.2, 0.25) is 0 Å². The molecule has 0 aliphatic rings. The third-order valence-electron chi connectivity index (χ3n) is 4.26. The normalized spacial score (nSPS) is 12.0. The minimum Gasteiger partial charge on any atom is -0.455 e. The quantitative estimate of drug-likeness (QED) is 0.667.